The molecule has 2 aromatic carbocycles. The van der Waals surface area contributed by atoms with E-state index in [9.17, 15) is 26.7 Å². The monoisotopic (exact) mass is 564 g/mol. The molecule has 8 nitrogen and oxygen atoms in total. The van der Waals surface area contributed by atoms with Crippen LogP contribution in [0, 0.1) is 0 Å². The largest absolute Gasteiger partial charge is 0.593 e. The number of alkyl halides is 3. The van der Waals surface area contributed by atoms with Gasteiger partial charge in [0.25, 0.3) is 0 Å². The number of carbonyl (C=O) groups excluding carboxylic acids is 1. The van der Waals surface area contributed by atoms with Gasteiger partial charge >= 0.3 is 12.2 Å². The lowest BCUT2D eigenvalue weighted by molar-refractivity contribution is -0.137. The average Bonchev–Trinajstić information content (AvgIpc) is 3.18. The highest BCUT2D eigenvalue weighted by atomic mass is 32.3. The summed E-state index contributed by atoms with van der Waals surface area (Å²) in [7, 11) is -2.80. The Hall–Kier alpha value is -2.96. The molecule has 1 aliphatic carbocycles. The standard InChI is InChI=1S/C27H31F3N4O4S/c1-38-22-12-6-11-21(17-22)34-25(35)32-24(31-20-9-3-2-4-10-20)26(34)14-7-15-33(18-26)39(36,37)23-13-5-8-19(16-23)27(28,29)30/h5-6,8,11-13,16-17,20H,2-4,7,9-10,14-15,18H2,1H3,(H-,31,32,35,36,37). The van der Waals surface area contributed by atoms with Gasteiger partial charge in [0.15, 0.2) is 15.3 Å². The number of halogens is 3. The normalized spacial score (nSPS) is 25.6. The number of piperidine rings is 1. The number of rotatable bonds is 5. The van der Waals surface area contributed by atoms with E-state index in [0.717, 1.165) is 44.2 Å². The van der Waals surface area contributed by atoms with Gasteiger partial charge in [0.2, 0.25) is 0 Å². The summed E-state index contributed by atoms with van der Waals surface area (Å²) < 4.78 is 74.1. The Bertz CT molecular complexity index is 1310. The zero-order valence-corrected chi connectivity index (χ0v) is 22.4. The molecule has 2 atom stereocenters. The van der Waals surface area contributed by atoms with Gasteiger partial charge in [0, 0.05) is 18.7 Å². The van der Waals surface area contributed by atoms with Gasteiger partial charge in [-0.3, -0.25) is 15.2 Å². The maximum absolute atomic E-state index is 13.7. The minimum absolute atomic E-state index is 0.00614. The summed E-state index contributed by atoms with van der Waals surface area (Å²) in [6.07, 6.45) is 1.06. The molecule has 2 saturated heterocycles. The number of amidine groups is 1. The molecule has 1 saturated carbocycles. The lowest BCUT2D eigenvalue weighted by Gasteiger charge is -2.44. The van der Waals surface area contributed by atoms with Crippen LogP contribution in [-0.2, 0) is 20.8 Å². The van der Waals surface area contributed by atoms with E-state index in [-0.39, 0.29) is 19.1 Å². The molecule has 0 bridgehead atoms. The summed E-state index contributed by atoms with van der Waals surface area (Å²) in [4.78, 5) is 19.5. The van der Waals surface area contributed by atoms with Crippen LogP contribution in [-0.4, -0.2) is 52.5 Å². The Kier molecular flexibility index (Phi) is 7.47. The Labute approximate surface area is 226 Å². The fourth-order valence-electron chi connectivity index (χ4n) is 5.79. The maximum atomic E-state index is 13.7. The maximum Gasteiger partial charge on any atom is 0.416 e. The number of benzene rings is 2. The Balaban J connectivity index is 1.57. The van der Waals surface area contributed by atoms with Crippen LogP contribution in [0.15, 0.2) is 58.4 Å². The van der Waals surface area contributed by atoms with Crippen molar-refractivity contribution in [3.63, 3.8) is 0 Å². The van der Waals surface area contributed by atoms with Crippen molar-refractivity contribution in [2.45, 2.75) is 67.6 Å². The summed E-state index contributed by atoms with van der Waals surface area (Å²) in [5.74, 6) is 0.934. The number of amides is 2. The minimum Gasteiger partial charge on any atom is -0.593 e. The lowest BCUT2D eigenvalue weighted by Crippen LogP contribution is -2.62. The molecular weight excluding hydrogens is 533 g/mol. The van der Waals surface area contributed by atoms with Crippen LogP contribution >= 0.6 is 0 Å². The molecular formula is C27H31F3N4O4S. The Morgan fingerprint density at radius 2 is 1.85 bits per heavy atom. The second kappa shape index (κ2) is 10.5. The van der Waals surface area contributed by atoms with Crippen LogP contribution < -0.4 is 15.0 Å². The van der Waals surface area contributed by atoms with Crippen LogP contribution in [0.4, 0.5) is 23.7 Å². The van der Waals surface area contributed by atoms with Crippen molar-refractivity contribution in [1.82, 2.24) is 9.62 Å². The van der Waals surface area contributed by atoms with Crippen LogP contribution in [0.2, 0.25) is 0 Å². The first-order valence-corrected chi connectivity index (χ1v) is 14.5. The minimum atomic E-state index is -4.68. The third kappa shape index (κ3) is 5.29. The predicted octanol–water partition coefficient (Wildman–Crippen LogP) is 5.41. The highest BCUT2D eigenvalue weighted by Gasteiger charge is 2.56. The van der Waals surface area contributed by atoms with Crippen molar-refractivity contribution in [1.29, 1.82) is 0 Å². The number of anilines is 1. The number of aliphatic imine (C=N–C) groups is 1. The number of sulfonamides is 1. The molecule has 2 aliphatic heterocycles. The molecule has 0 radical (unpaired) electrons. The number of nitrogens with zero attached hydrogens (tertiary/aromatic N) is 3. The summed E-state index contributed by atoms with van der Waals surface area (Å²) >= 11 is 0. The van der Waals surface area contributed by atoms with E-state index >= 15 is 0 Å². The van der Waals surface area contributed by atoms with E-state index in [0.29, 0.717) is 36.2 Å². The van der Waals surface area contributed by atoms with Gasteiger partial charge in [-0.2, -0.15) is 13.2 Å². The number of ether oxygens (including phenoxy) is 1. The molecule has 3 fully saturated rings. The van der Waals surface area contributed by atoms with Crippen molar-refractivity contribution >= 4 is 28.0 Å². The van der Waals surface area contributed by atoms with Gasteiger partial charge in [-0.15, -0.1) is 4.31 Å². The fraction of sp³-hybridized carbons (Fsp3) is 0.481. The first-order valence-electron chi connectivity index (χ1n) is 13.1. The zero-order valence-electron chi connectivity index (χ0n) is 21.6. The van der Waals surface area contributed by atoms with Crippen molar-refractivity contribution in [2.75, 3.05) is 25.1 Å². The van der Waals surface area contributed by atoms with Gasteiger partial charge in [0.05, 0.1) is 30.9 Å². The lowest BCUT2D eigenvalue weighted by atomic mass is 9.87. The van der Waals surface area contributed by atoms with E-state index < -0.39 is 38.6 Å². The molecule has 2 heterocycles. The van der Waals surface area contributed by atoms with E-state index in [1.165, 1.54) is 22.4 Å². The Morgan fingerprint density at radius 1 is 1.10 bits per heavy atom. The molecule has 2 amide bonds. The van der Waals surface area contributed by atoms with Gasteiger partial charge in [-0.25, -0.2) is 4.79 Å². The first-order chi connectivity index (χ1) is 18.5. The summed E-state index contributed by atoms with van der Waals surface area (Å²) in [5, 5.41) is 2.91. The van der Waals surface area contributed by atoms with Crippen LogP contribution in [0.3, 0.4) is 0 Å². The van der Waals surface area contributed by atoms with E-state index in [1.54, 1.807) is 24.3 Å². The topological polar surface area (TPSA) is 97.3 Å². The number of nitrogens with one attached hydrogen (secondary N) is 1. The summed E-state index contributed by atoms with van der Waals surface area (Å²) in [5.41, 5.74) is -1.67. The number of carbonyl (C=O) groups is 1. The zero-order chi connectivity index (χ0) is 27.8. The molecule has 1 spiro atoms. The highest BCUT2D eigenvalue weighted by molar-refractivity contribution is 7.95. The second-order valence-corrected chi connectivity index (χ2v) is 12.2. The molecule has 39 heavy (non-hydrogen) atoms. The van der Waals surface area contributed by atoms with Crippen molar-refractivity contribution in [3.8, 4) is 5.75 Å². The van der Waals surface area contributed by atoms with E-state index in [4.69, 9.17) is 9.73 Å². The van der Waals surface area contributed by atoms with E-state index in [1.807, 2.05) is 0 Å². The van der Waals surface area contributed by atoms with E-state index in [2.05, 4.69) is 5.32 Å². The van der Waals surface area contributed by atoms with Gasteiger partial charge < -0.3 is 9.29 Å². The van der Waals surface area contributed by atoms with Crippen LogP contribution in [0.1, 0.15) is 50.5 Å². The summed E-state index contributed by atoms with van der Waals surface area (Å²) in [6.45, 7) is -0.0374. The molecule has 12 heteroatoms. The molecule has 2 unspecified atom stereocenters. The first kappa shape index (κ1) is 27.6. The molecule has 5 rings (SSSR count). The van der Waals surface area contributed by atoms with Gasteiger partial charge in [-0.05, 0) is 49.9 Å². The Morgan fingerprint density at radius 3 is 2.56 bits per heavy atom. The molecule has 0 aromatic heterocycles. The smallest absolute Gasteiger partial charge is 0.416 e. The van der Waals surface area contributed by atoms with Crippen LogP contribution in [0.25, 0.3) is 0 Å². The predicted molar refractivity (Wildman–Crippen MR) is 140 cm³/mol. The highest BCUT2D eigenvalue weighted by Crippen LogP contribution is 2.41. The second-order valence-electron chi connectivity index (χ2n) is 10.2. The number of hydrogen-bond acceptors (Lipinski definition) is 5. The molecule has 3 aliphatic rings. The van der Waals surface area contributed by atoms with Crippen molar-refractivity contribution in [2.24, 2.45) is 4.99 Å². The molecule has 210 valence electrons. The third-order valence-corrected chi connectivity index (χ3v) is 9.57. The third-order valence-electron chi connectivity index (χ3n) is 7.73. The van der Waals surface area contributed by atoms with Crippen molar-refractivity contribution < 1.29 is 31.5 Å². The number of urea groups is 1. The number of methoxy groups -OCH3 is 1. The quantitative estimate of drug-likeness (QED) is 0.491. The van der Waals surface area contributed by atoms with Gasteiger partial charge in [0.1, 0.15) is 17.1 Å². The van der Waals surface area contributed by atoms with Crippen LogP contribution in [0.5, 0.6) is 5.75 Å². The SMILES string of the molecule is COc1cccc(N2C(=O)NC(=NC3CCCCC3)C23CCCN([S+](=O)([O-])c2cccc(C(F)(F)F)c2)C3)c1. The molecule has 1 N–H and O–H groups in total. The molecule has 2 aromatic rings. The van der Waals surface area contributed by atoms with Crippen molar-refractivity contribution in [3.05, 3.63) is 54.1 Å². The fourth-order valence-corrected chi connectivity index (χ4v) is 7.37. The summed E-state index contributed by atoms with van der Waals surface area (Å²) in [6, 6.07) is 10.3. The average molecular weight is 565 g/mol. The van der Waals surface area contributed by atoms with Gasteiger partial charge in [-0.1, -0.05) is 35.6 Å². The number of hydrogen-bond donors (Lipinski definition) is 1.